The van der Waals surface area contributed by atoms with Crippen molar-refractivity contribution in [3.63, 3.8) is 0 Å². The van der Waals surface area contributed by atoms with Gasteiger partial charge in [0.1, 0.15) is 22.5 Å². The fourth-order valence-corrected chi connectivity index (χ4v) is 9.00. The van der Waals surface area contributed by atoms with Crippen molar-refractivity contribution in [2.45, 2.75) is 129 Å². The van der Waals surface area contributed by atoms with Gasteiger partial charge in [0.05, 0.1) is 47.2 Å². The number of nitrogens with one attached hydrogen (secondary N) is 3. The smallest absolute Gasteiger partial charge is 0.399 e. The predicted octanol–water partition coefficient (Wildman–Crippen LogP) is 9.36. The van der Waals surface area contributed by atoms with E-state index in [0.29, 0.717) is 66.6 Å². The summed E-state index contributed by atoms with van der Waals surface area (Å²) in [6.07, 6.45) is -4.55. The summed E-state index contributed by atoms with van der Waals surface area (Å²) < 4.78 is 157. The topological polar surface area (TPSA) is 211 Å². The summed E-state index contributed by atoms with van der Waals surface area (Å²) in [4.78, 5) is 32.2. The van der Waals surface area contributed by atoms with E-state index in [1.807, 2.05) is 0 Å². The van der Waals surface area contributed by atoms with Crippen LogP contribution >= 0.6 is 0 Å². The third kappa shape index (κ3) is 14.8. The van der Waals surface area contributed by atoms with E-state index in [0.717, 1.165) is 63.5 Å². The molecule has 0 saturated carbocycles. The zero-order valence-electron chi connectivity index (χ0n) is 40.9. The molecule has 0 bridgehead atoms. The number of carboxylic acids is 1. The first-order chi connectivity index (χ1) is 32.3. The van der Waals surface area contributed by atoms with Crippen LogP contribution in [0.5, 0.6) is 0 Å². The molecule has 1 amide bonds. The second-order valence-electron chi connectivity index (χ2n) is 19.2. The Labute approximate surface area is 408 Å². The molecule has 2 heterocycles. The Kier molecular flexibility index (Phi) is 17.8. The number of carbonyl (C=O) groups excluding carboxylic acids is 1. The number of carboxylic acid groups (broad SMARTS) is 1. The summed E-state index contributed by atoms with van der Waals surface area (Å²) in [7, 11) is -6.97. The highest BCUT2D eigenvalue weighted by molar-refractivity contribution is 7.92. The molecule has 0 saturated heterocycles. The number of anilines is 2. The number of aryl methyl sites for hydroxylation is 4. The van der Waals surface area contributed by atoms with Crippen LogP contribution in [-0.2, 0) is 66.1 Å². The average molecular weight is 1050 g/mol. The van der Waals surface area contributed by atoms with Gasteiger partial charge in [-0.15, -0.1) is 0 Å². The molecule has 0 radical (unpaired) electrons. The van der Waals surface area contributed by atoms with Crippen LogP contribution in [0.3, 0.4) is 0 Å². The van der Waals surface area contributed by atoms with Crippen LogP contribution in [0.1, 0.15) is 123 Å². The Bertz CT molecular complexity index is 2860. The van der Waals surface area contributed by atoms with E-state index in [-0.39, 0.29) is 34.2 Å². The SMILES string of the molecule is CC(C)(c1ccc2c(n1)CCC(C(=O)O)C2)C(F)(F)F.Cc1cc([C@@H](C)N)c(F)cc1NS(C)(=O)=O.Cc1cc([C@@H](C)NC(=O)C2CCc3nc(C(C)(C)C(F)(F)F)ccc3C2)c(F)cc1NS(C)(=O)=O. The highest BCUT2D eigenvalue weighted by Crippen LogP contribution is 2.42. The lowest BCUT2D eigenvalue weighted by Crippen LogP contribution is -2.38. The average Bonchev–Trinajstić information content (AvgIpc) is 3.23. The van der Waals surface area contributed by atoms with Crippen LogP contribution in [0.4, 0.5) is 46.5 Å². The Morgan fingerprint density at radius 3 is 1.44 bits per heavy atom. The molecular formula is C48H60F8N6O7S2. The van der Waals surface area contributed by atoms with E-state index >= 15 is 0 Å². The molecular weight excluding hydrogens is 989 g/mol. The van der Waals surface area contributed by atoms with Gasteiger partial charge in [0, 0.05) is 34.5 Å². The minimum Gasteiger partial charge on any atom is -0.481 e. The van der Waals surface area contributed by atoms with E-state index in [2.05, 4.69) is 24.7 Å². The summed E-state index contributed by atoms with van der Waals surface area (Å²) in [5.41, 5.74) is 6.13. The summed E-state index contributed by atoms with van der Waals surface area (Å²) in [6.45, 7) is 11.0. The van der Waals surface area contributed by atoms with Gasteiger partial charge in [0.2, 0.25) is 26.0 Å². The number of sulfonamides is 2. The Balaban J connectivity index is 0.000000256. The normalized spacial score (nSPS) is 17.2. The largest absolute Gasteiger partial charge is 0.481 e. The van der Waals surface area contributed by atoms with Crippen molar-refractivity contribution in [3.05, 3.63) is 116 Å². The molecule has 4 atom stereocenters. The molecule has 23 heteroatoms. The molecule has 6 rings (SSSR count). The molecule has 2 aliphatic rings. The van der Waals surface area contributed by atoms with Crippen LogP contribution in [0.25, 0.3) is 0 Å². The molecule has 4 aromatic rings. The lowest BCUT2D eigenvalue weighted by atomic mass is 9.83. The molecule has 0 spiro atoms. The number of fused-ring (bicyclic) bond motifs is 2. The molecule has 13 nitrogen and oxygen atoms in total. The van der Waals surface area contributed by atoms with Gasteiger partial charge in [0.15, 0.2) is 0 Å². The molecule has 2 unspecified atom stereocenters. The molecule has 6 N–H and O–H groups in total. The fraction of sp³-hybridized carbons (Fsp3) is 0.500. The maximum Gasteiger partial charge on any atom is 0.399 e. The van der Waals surface area contributed by atoms with E-state index in [1.54, 1.807) is 45.9 Å². The zero-order valence-corrected chi connectivity index (χ0v) is 42.5. The van der Waals surface area contributed by atoms with Crippen molar-refractivity contribution in [2.24, 2.45) is 17.6 Å². The van der Waals surface area contributed by atoms with Gasteiger partial charge in [0.25, 0.3) is 0 Å². The van der Waals surface area contributed by atoms with Gasteiger partial charge in [-0.1, -0.05) is 12.1 Å². The molecule has 2 aromatic carbocycles. The number of hydrogen-bond acceptors (Lipinski definition) is 9. The van der Waals surface area contributed by atoms with Crippen molar-refractivity contribution >= 4 is 43.3 Å². The monoisotopic (exact) mass is 1050 g/mol. The number of hydrogen-bond donors (Lipinski definition) is 5. The quantitative estimate of drug-likeness (QED) is 0.0899. The van der Waals surface area contributed by atoms with Crippen molar-refractivity contribution in [3.8, 4) is 0 Å². The highest BCUT2D eigenvalue weighted by atomic mass is 32.2. The first-order valence-corrected chi connectivity index (χ1v) is 26.1. The number of benzene rings is 2. The molecule has 2 aliphatic carbocycles. The van der Waals surface area contributed by atoms with E-state index in [9.17, 15) is 61.5 Å². The maximum atomic E-state index is 14.7. The summed E-state index contributed by atoms with van der Waals surface area (Å²) in [5, 5.41) is 11.8. The van der Waals surface area contributed by atoms with Crippen LogP contribution in [-0.4, -0.2) is 68.7 Å². The third-order valence-electron chi connectivity index (χ3n) is 12.5. The predicted molar refractivity (Wildman–Crippen MR) is 254 cm³/mol. The molecule has 71 heavy (non-hydrogen) atoms. The van der Waals surface area contributed by atoms with Gasteiger partial charge < -0.3 is 16.2 Å². The van der Waals surface area contributed by atoms with E-state index in [4.69, 9.17) is 10.8 Å². The van der Waals surface area contributed by atoms with Gasteiger partial charge in [-0.2, -0.15) is 26.3 Å². The third-order valence-corrected chi connectivity index (χ3v) is 13.7. The highest BCUT2D eigenvalue weighted by Gasteiger charge is 2.51. The van der Waals surface area contributed by atoms with E-state index < -0.39 is 84.8 Å². The van der Waals surface area contributed by atoms with Crippen LogP contribution in [0, 0.1) is 37.3 Å². The standard InChI is InChI=1S/C24H29F4N3O3S.C14H16F3NO2.C10H15FN2O2S/c1-13-10-17(18(25)12-20(13)31-35(5,33)34)14(2)29-22(32)16-6-8-19-15(11-16)7-9-21(30-19)23(3,4)24(26,27)28;1-13(2,14(15,16)17)11-6-4-8-7-9(12(19)20)3-5-10(8)18-11;1-6-4-8(7(2)12)9(11)5-10(6)13-16(3,14)15/h7,9-10,12,14,16,31H,6,8,11H2,1-5H3,(H,29,32);4,6,9H,3,5,7H2,1-2H3,(H,19,20);4-5,7,13H,12H2,1-3H3/t14-,16?;;7-/m1.1/s1. The molecule has 0 aliphatic heterocycles. The first kappa shape index (κ1) is 58.2. The number of amides is 1. The van der Waals surface area contributed by atoms with Crippen molar-refractivity contribution in [2.75, 3.05) is 22.0 Å². The van der Waals surface area contributed by atoms with Gasteiger partial charge in [-0.3, -0.25) is 29.0 Å². The number of carbonyl (C=O) groups is 2. The Morgan fingerprint density at radius 1 is 0.676 bits per heavy atom. The lowest BCUT2D eigenvalue weighted by Gasteiger charge is -2.30. The first-order valence-electron chi connectivity index (χ1n) is 22.3. The molecule has 0 fully saturated rings. The van der Waals surface area contributed by atoms with Gasteiger partial charge in [-0.05, 0) is 153 Å². The minimum atomic E-state index is -4.44. The number of pyridine rings is 2. The number of halogens is 8. The van der Waals surface area contributed by atoms with Crippen LogP contribution in [0.2, 0.25) is 0 Å². The molecule has 392 valence electrons. The van der Waals surface area contributed by atoms with Crippen molar-refractivity contribution in [1.29, 1.82) is 0 Å². The van der Waals surface area contributed by atoms with Crippen LogP contribution in [0.15, 0.2) is 48.5 Å². The zero-order chi connectivity index (χ0) is 54.0. The number of aromatic nitrogens is 2. The number of nitrogens with zero attached hydrogens (tertiary/aromatic N) is 2. The van der Waals surface area contributed by atoms with Gasteiger partial charge in [-0.25, -0.2) is 25.6 Å². The van der Waals surface area contributed by atoms with Gasteiger partial charge >= 0.3 is 18.3 Å². The number of aliphatic carboxylic acids is 1. The summed E-state index contributed by atoms with van der Waals surface area (Å²) in [6, 6.07) is 10.1. The van der Waals surface area contributed by atoms with E-state index in [1.165, 1.54) is 18.2 Å². The van der Waals surface area contributed by atoms with Crippen molar-refractivity contribution < 1.29 is 66.7 Å². The Morgan fingerprint density at radius 2 is 1.06 bits per heavy atom. The van der Waals surface area contributed by atoms with Crippen LogP contribution < -0.4 is 20.5 Å². The summed E-state index contributed by atoms with van der Waals surface area (Å²) >= 11 is 0. The van der Waals surface area contributed by atoms with Crippen molar-refractivity contribution in [1.82, 2.24) is 15.3 Å². The summed E-state index contributed by atoms with van der Waals surface area (Å²) in [5.74, 6) is -3.22. The Hall–Kier alpha value is -5.42. The number of alkyl halides is 6. The lowest BCUT2D eigenvalue weighted by molar-refractivity contribution is -0.181. The maximum absolute atomic E-state index is 14.7. The number of nitrogens with two attached hydrogens (primary N) is 1. The minimum absolute atomic E-state index is 0.0162. The second kappa shape index (κ2) is 21.7. The second-order valence-corrected chi connectivity index (χ2v) is 22.7. The molecule has 2 aromatic heterocycles. The fourth-order valence-electron chi connectivity index (χ4n) is 7.76. The number of rotatable bonds is 11.